The van der Waals surface area contributed by atoms with Crippen LogP contribution < -0.4 is 10.0 Å². The summed E-state index contributed by atoms with van der Waals surface area (Å²) in [5, 5.41) is 3.13. The highest BCUT2D eigenvalue weighted by molar-refractivity contribution is 7.92. The van der Waals surface area contributed by atoms with Crippen molar-refractivity contribution in [3.8, 4) is 0 Å². The summed E-state index contributed by atoms with van der Waals surface area (Å²) in [7, 11) is -3.71. The zero-order valence-corrected chi connectivity index (χ0v) is 19.8. The molecule has 0 saturated heterocycles. The summed E-state index contributed by atoms with van der Waals surface area (Å²) in [6, 6.07) is 30.5. The fraction of sp³-hybridized carbons (Fsp3) is 0.107. The van der Waals surface area contributed by atoms with E-state index in [1.54, 1.807) is 48.5 Å². The summed E-state index contributed by atoms with van der Waals surface area (Å²) in [6.07, 6.45) is 0. The van der Waals surface area contributed by atoms with Gasteiger partial charge in [-0.15, -0.1) is 0 Å². The van der Waals surface area contributed by atoms with Crippen LogP contribution in [-0.2, 0) is 10.0 Å². The number of nitrogens with one attached hydrogen (secondary N) is 2. The SMILES string of the molecule is Cc1ccc(S(=O)(=O)Nc2ccc(C(=O)NC(c3ccccc3)c3ccccc3C)cc2)cc1. The normalized spacial score (nSPS) is 12.1. The van der Waals surface area contributed by atoms with E-state index in [1.165, 1.54) is 0 Å². The molecule has 1 unspecified atom stereocenters. The second-order valence-corrected chi connectivity index (χ2v) is 9.85. The number of hydrogen-bond acceptors (Lipinski definition) is 3. The minimum absolute atomic E-state index is 0.184. The van der Waals surface area contributed by atoms with Crippen LogP contribution in [0.15, 0.2) is 108 Å². The number of benzene rings is 4. The third-order valence-electron chi connectivity index (χ3n) is 5.64. The van der Waals surface area contributed by atoms with Crippen molar-refractivity contribution in [2.75, 3.05) is 4.72 Å². The van der Waals surface area contributed by atoms with Gasteiger partial charge in [-0.2, -0.15) is 0 Å². The van der Waals surface area contributed by atoms with Gasteiger partial charge in [-0.05, 0) is 66.9 Å². The first-order valence-corrected chi connectivity index (χ1v) is 12.4. The Morgan fingerprint density at radius 1 is 0.735 bits per heavy atom. The van der Waals surface area contributed by atoms with Crippen LogP contribution in [0.1, 0.15) is 38.7 Å². The lowest BCUT2D eigenvalue weighted by Crippen LogP contribution is -2.29. The number of sulfonamides is 1. The van der Waals surface area contributed by atoms with Gasteiger partial charge in [0.15, 0.2) is 0 Å². The lowest BCUT2D eigenvalue weighted by molar-refractivity contribution is 0.0943. The molecular formula is C28H26N2O3S. The molecule has 4 aromatic carbocycles. The maximum Gasteiger partial charge on any atom is 0.261 e. The van der Waals surface area contributed by atoms with Crippen molar-refractivity contribution in [2.24, 2.45) is 0 Å². The van der Waals surface area contributed by atoms with Crippen LogP contribution in [0, 0.1) is 13.8 Å². The van der Waals surface area contributed by atoms with E-state index < -0.39 is 10.0 Å². The van der Waals surface area contributed by atoms with Crippen molar-refractivity contribution >= 4 is 21.6 Å². The number of carbonyl (C=O) groups is 1. The summed E-state index contributed by atoms with van der Waals surface area (Å²) >= 11 is 0. The van der Waals surface area contributed by atoms with E-state index in [0.29, 0.717) is 11.3 Å². The fourth-order valence-electron chi connectivity index (χ4n) is 3.73. The molecule has 0 heterocycles. The summed E-state index contributed by atoms with van der Waals surface area (Å²) in [6.45, 7) is 3.92. The zero-order chi connectivity index (χ0) is 24.1. The maximum atomic E-state index is 13.1. The first-order chi connectivity index (χ1) is 16.3. The van der Waals surface area contributed by atoms with Crippen LogP contribution in [-0.4, -0.2) is 14.3 Å². The predicted octanol–water partition coefficient (Wildman–Crippen LogP) is 5.62. The first-order valence-electron chi connectivity index (χ1n) is 10.9. The van der Waals surface area contributed by atoms with Crippen molar-refractivity contribution in [3.63, 3.8) is 0 Å². The molecule has 5 nitrogen and oxygen atoms in total. The minimum atomic E-state index is -3.71. The third kappa shape index (κ3) is 5.35. The Hall–Kier alpha value is -3.90. The Bertz CT molecular complexity index is 1380. The topological polar surface area (TPSA) is 75.3 Å². The molecular weight excluding hydrogens is 444 g/mol. The van der Waals surface area contributed by atoms with Gasteiger partial charge in [0.25, 0.3) is 15.9 Å². The molecule has 0 aromatic heterocycles. The second-order valence-electron chi connectivity index (χ2n) is 8.17. The van der Waals surface area contributed by atoms with Crippen LogP contribution in [0.5, 0.6) is 0 Å². The highest BCUT2D eigenvalue weighted by Crippen LogP contribution is 2.25. The summed E-state index contributed by atoms with van der Waals surface area (Å²) < 4.78 is 27.8. The largest absolute Gasteiger partial charge is 0.341 e. The average molecular weight is 471 g/mol. The molecule has 0 aliphatic rings. The molecule has 4 aromatic rings. The Balaban J connectivity index is 1.53. The number of rotatable bonds is 7. The minimum Gasteiger partial charge on any atom is -0.341 e. The van der Waals surface area contributed by atoms with Crippen LogP contribution in [0.4, 0.5) is 5.69 Å². The average Bonchev–Trinajstić information content (AvgIpc) is 2.84. The van der Waals surface area contributed by atoms with E-state index in [1.807, 2.05) is 68.4 Å². The van der Waals surface area contributed by atoms with Gasteiger partial charge in [-0.1, -0.05) is 72.3 Å². The quantitative estimate of drug-likeness (QED) is 0.368. The first kappa shape index (κ1) is 23.3. The fourth-order valence-corrected chi connectivity index (χ4v) is 4.79. The Morgan fingerprint density at radius 3 is 2.00 bits per heavy atom. The van der Waals surface area contributed by atoms with Crippen LogP contribution in [0.25, 0.3) is 0 Å². The summed E-state index contributed by atoms with van der Waals surface area (Å²) in [5.41, 5.74) is 4.88. The van der Waals surface area contributed by atoms with E-state index in [2.05, 4.69) is 10.0 Å². The summed E-state index contributed by atoms with van der Waals surface area (Å²) in [5.74, 6) is -0.245. The molecule has 0 radical (unpaired) electrons. The highest BCUT2D eigenvalue weighted by Gasteiger charge is 2.20. The van der Waals surface area contributed by atoms with Crippen molar-refractivity contribution in [1.82, 2.24) is 5.32 Å². The van der Waals surface area contributed by atoms with Gasteiger partial charge in [0.2, 0.25) is 0 Å². The monoisotopic (exact) mass is 470 g/mol. The van der Waals surface area contributed by atoms with Gasteiger partial charge in [0.05, 0.1) is 10.9 Å². The van der Waals surface area contributed by atoms with E-state index in [4.69, 9.17) is 0 Å². The molecule has 6 heteroatoms. The van der Waals surface area contributed by atoms with Gasteiger partial charge in [-0.25, -0.2) is 8.42 Å². The van der Waals surface area contributed by atoms with E-state index >= 15 is 0 Å². The molecule has 0 spiro atoms. The Morgan fingerprint density at radius 2 is 1.35 bits per heavy atom. The van der Waals surface area contributed by atoms with Gasteiger partial charge < -0.3 is 5.32 Å². The molecule has 0 aliphatic carbocycles. The van der Waals surface area contributed by atoms with Gasteiger partial charge in [-0.3, -0.25) is 9.52 Å². The Kier molecular flexibility index (Phi) is 6.80. The van der Waals surface area contributed by atoms with Gasteiger partial charge in [0.1, 0.15) is 0 Å². The van der Waals surface area contributed by atoms with E-state index in [9.17, 15) is 13.2 Å². The third-order valence-corrected chi connectivity index (χ3v) is 7.04. The molecule has 0 bridgehead atoms. The highest BCUT2D eigenvalue weighted by atomic mass is 32.2. The van der Waals surface area contributed by atoms with Crippen molar-refractivity contribution < 1.29 is 13.2 Å². The molecule has 0 saturated carbocycles. The lowest BCUT2D eigenvalue weighted by atomic mass is 9.94. The molecule has 172 valence electrons. The van der Waals surface area contributed by atoms with Crippen LogP contribution in [0.2, 0.25) is 0 Å². The van der Waals surface area contributed by atoms with Crippen molar-refractivity contribution in [3.05, 3.63) is 131 Å². The number of amides is 1. The zero-order valence-electron chi connectivity index (χ0n) is 19.0. The smallest absolute Gasteiger partial charge is 0.261 e. The number of aryl methyl sites for hydroxylation is 2. The second kappa shape index (κ2) is 9.93. The van der Waals surface area contributed by atoms with Gasteiger partial charge >= 0.3 is 0 Å². The molecule has 4 rings (SSSR count). The van der Waals surface area contributed by atoms with Gasteiger partial charge in [0, 0.05) is 11.3 Å². The van der Waals surface area contributed by atoms with Crippen molar-refractivity contribution in [2.45, 2.75) is 24.8 Å². The molecule has 2 N–H and O–H groups in total. The van der Waals surface area contributed by atoms with E-state index in [-0.39, 0.29) is 16.8 Å². The molecule has 0 aliphatic heterocycles. The molecule has 0 fully saturated rings. The molecule has 34 heavy (non-hydrogen) atoms. The number of hydrogen-bond donors (Lipinski definition) is 2. The maximum absolute atomic E-state index is 13.1. The van der Waals surface area contributed by atoms with Crippen LogP contribution in [0.3, 0.4) is 0 Å². The summed E-state index contributed by atoms with van der Waals surface area (Å²) in [4.78, 5) is 13.3. The molecule has 1 amide bonds. The lowest BCUT2D eigenvalue weighted by Gasteiger charge is -2.22. The Labute approximate surface area is 200 Å². The number of carbonyl (C=O) groups excluding carboxylic acids is 1. The van der Waals surface area contributed by atoms with E-state index in [0.717, 1.165) is 22.3 Å². The standard InChI is InChI=1S/C28H26N2O3S/c1-20-12-18-25(19-13-20)34(32,33)30-24-16-14-23(15-17-24)28(31)29-27(22-9-4-3-5-10-22)26-11-7-6-8-21(26)2/h3-19,27,30H,1-2H3,(H,29,31). The predicted molar refractivity (Wildman–Crippen MR) is 135 cm³/mol. The molecule has 1 atom stereocenters. The number of anilines is 1. The van der Waals surface area contributed by atoms with Crippen LogP contribution >= 0.6 is 0 Å². The van der Waals surface area contributed by atoms with Crippen molar-refractivity contribution in [1.29, 1.82) is 0 Å².